The Hall–Kier alpha value is -3.62. The number of carbonyl (C=O) groups is 1. The average Bonchev–Trinajstić information content (AvgIpc) is 3.31. The van der Waals surface area contributed by atoms with Crippen LogP contribution in [0.2, 0.25) is 0 Å². The van der Waals surface area contributed by atoms with Gasteiger partial charge in [0, 0.05) is 24.7 Å². The maximum absolute atomic E-state index is 13.1. The predicted octanol–water partition coefficient (Wildman–Crippen LogP) is 4.89. The van der Waals surface area contributed by atoms with Crippen LogP contribution in [0.4, 0.5) is 5.69 Å². The molecule has 0 atom stereocenters. The summed E-state index contributed by atoms with van der Waals surface area (Å²) in [6.45, 7) is 12.0. The second-order valence-corrected chi connectivity index (χ2v) is 10.0. The third kappa shape index (κ3) is 6.21. The number of H-pyrrole nitrogens is 1. The smallest absolute Gasteiger partial charge is 0.276 e. The molecule has 2 aliphatic rings. The van der Waals surface area contributed by atoms with E-state index in [1.165, 1.54) is 25.7 Å². The third-order valence-electron chi connectivity index (χ3n) is 7.16. The first-order valence-electron chi connectivity index (χ1n) is 13.1. The Bertz CT molecular complexity index is 1310. The van der Waals surface area contributed by atoms with Crippen LogP contribution in [0.25, 0.3) is 16.5 Å². The van der Waals surface area contributed by atoms with Crippen molar-refractivity contribution >= 4 is 34.8 Å². The number of benzene rings is 1. The van der Waals surface area contributed by atoms with Gasteiger partial charge < -0.3 is 5.32 Å². The van der Waals surface area contributed by atoms with Crippen LogP contribution in [0.5, 0.6) is 0 Å². The Morgan fingerprint density at radius 2 is 1.92 bits per heavy atom. The van der Waals surface area contributed by atoms with Crippen molar-refractivity contribution in [2.75, 3.05) is 38.0 Å². The minimum atomic E-state index is -0.260. The van der Waals surface area contributed by atoms with Crippen molar-refractivity contribution in [1.82, 2.24) is 25.0 Å². The van der Waals surface area contributed by atoms with Crippen molar-refractivity contribution < 1.29 is 4.79 Å². The number of nitrogens with one attached hydrogen (secondary N) is 2. The van der Waals surface area contributed by atoms with Crippen molar-refractivity contribution in [3.05, 3.63) is 71.3 Å². The minimum absolute atomic E-state index is 0.260. The number of rotatable bonds is 9. The summed E-state index contributed by atoms with van der Waals surface area (Å²) in [6.07, 6.45) is 10.8. The molecule has 1 amide bonds. The number of aromatic nitrogens is 3. The molecule has 0 saturated carbocycles. The second-order valence-electron chi connectivity index (χ2n) is 10.0. The van der Waals surface area contributed by atoms with Crippen molar-refractivity contribution in [3.8, 4) is 0 Å². The highest BCUT2D eigenvalue weighted by Gasteiger charge is 2.17. The number of amides is 1. The van der Waals surface area contributed by atoms with Gasteiger partial charge in [-0.1, -0.05) is 18.6 Å². The molecule has 2 N–H and O–H groups in total. The van der Waals surface area contributed by atoms with Gasteiger partial charge in [-0.25, -0.2) is 0 Å². The lowest BCUT2D eigenvalue weighted by Crippen LogP contribution is -2.36. The van der Waals surface area contributed by atoms with E-state index in [2.05, 4.69) is 61.1 Å². The first-order chi connectivity index (χ1) is 18.1. The zero-order valence-corrected chi connectivity index (χ0v) is 21.5. The van der Waals surface area contributed by atoms with E-state index in [0.29, 0.717) is 11.4 Å². The number of anilines is 1. The lowest BCUT2D eigenvalue weighted by molar-refractivity contribution is 0.102. The largest absolute Gasteiger partial charge is 0.319 e. The summed E-state index contributed by atoms with van der Waals surface area (Å²) in [4.78, 5) is 26.5. The van der Waals surface area contributed by atoms with E-state index in [1.807, 2.05) is 30.5 Å². The monoisotopic (exact) mass is 497 g/mol. The van der Waals surface area contributed by atoms with Crippen LogP contribution in [0.3, 0.4) is 0 Å². The number of allylic oxidation sites excluding steroid dienone is 1. The molecule has 0 radical (unpaired) electrons. The lowest BCUT2D eigenvalue weighted by atomic mass is 10.0. The maximum Gasteiger partial charge on any atom is 0.276 e. The van der Waals surface area contributed by atoms with Crippen LogP contribution >= 0.6 is 0 Å². The van der Waals surface area contributed by atoms with Crippen LogP contribution < -0.4 is 5.32 Å². The fourth-order valence-electron chi connectivity index (χ4n) is 4.96. The predicted molar refractivity (Wildman–Crippen MR) is 150 cm³/mol. The van der Waals surface area contributed by atoms with Gasteiger partial charge in [0.1, 0.15) is 0 Å². The van der Waals surface area contributed by atoms with Gasteiger partial charge in [0.15, 0.2) is 5.69 Å². The molecule has 192 valence electrons. The van der Waals surface area contributed by atoms with Crippen LogP contribution in [-0.2, 0) is 6.54 Å². The van der Waals surface area contributed by atoms with Crippen molar-refractivity contribution in [1.29, 1.82) is 0 Å². The molecular weight excluding hydrogens is 462 g/mol. The molecule has 2 aromatic heterocycles. The topological polar surface area (TPSA) is 89.5 Å². The van der Waals surface area contributed by atoms with Crippen LogP contribution in [0, 0.1) is 0 Å². The number of pyridine rings is 1. The number of likely N-dealkylation sites (tertiary alicyclic amines) is 2. The summed E-state index contributed by atoms with van der Waals surface area (Å²) in [5.41, 5.74) is 6.12. The Balaban J connectivity index is 1.31. The average molecular weight is 498 g/mol. The third-order valence-corrected chi connectivity index (χ3v) is 7.16. The summed E-state index contributed by atoms with van der Waals surface area (Å²) >= 11 is 0. The molecule has 2 fully saturated rings. The SMILES string of the molecule is C=N/C=C(\C=C(/C)c1ccc2[nH]nc(C(=O)Nc3ccc(CN4CCC4)nc3)c2c1)CN1CCCCC1. The number of aromatic amines is 1. The fourth-order valence-corrected chi connectivity index (χ4v) is 4.96. The quantitative estimate of drug-likeness (QED) is 0.325. The molecule has 0 spiro atoms. The van der Waals surface area contributed by atoms with E-state index >= 15 is 0 Å². The molecule has 2 aliphatic heterocycles. The van der Waals surface area contributed by atoms with Gasteiger partial charge in [-0.15, -0.1) is 0 Å². The molecule has 8 nitrogen and oxygen atoms in total. The molecule has 2 saturated heterocycles. The van der Waals surface area contributed by atoms with Crippen molar-refractivity contribution in [3.63, 3.8) is 0 Å². The van der Waals surface area contributed by atoms with Crippen LogP contribution in [0.1, 0.15) is 54.4 Å². The summed E-state index contributed by atoms with van der Waals surface area (Å²) < 4.78 is 0. The summed E-state index contributed by atoms with van der Waals surface area (Å²) in [7, 11) is 0. The molecule has 5 rings (SSSR count). The highest BCUT2D eigenvalue weighted by Crippen LogP contribution is 2.25. The second kappa shape index (κ2) is 11.6. The summed E-state index contributed by atoms with van der Waals surface area (Å²) in [6, 6.07) is 9.91. The van der Waals surface area contributed by atoms with Crippen molar-refractivity contribution in [2.45, 2.75) is 39.2 Å². The molecule has 4 heterocycles. The molecule has 0 aliphatic carbocycles. The fraction of sp³-hybridized carbons (Fsp3) is 0.379. The molecule has 37 heavy (non-hydrogen) atoms. The lowest BCUT2D eigenvalue weighted by Gasteiger charge is -2.30. The van der Waals surface area contributed by atoms with Gasteiger partial charge in [0.2, 0.25) is 0 Å². The van der Waals surface area contributed by atoms with Crippen LogP contribution in [0.15, 0.2) is 59.4 Å². The molecule has 3 aromatic rings. The number of hydrogen-bond acceptors (Lipinski definition) is 6. The van der Waals surface area contributed by atoms with E-state index in [1.54, 1.807) is 6.20 Å². The minimum Gasteiger partial charge on any atom is -0.319 e. The molecule has 1 aromatic carbocycles. The number of aliphatic imine (C=N–C) groups is 1. The van der Waals surface area contributed by atoms with E-state index < -0.39 is 0 Å². The number of fused-ring (bicyclic) bond motifs is 1. The van der Waals surface area contributed by atoms with E-state index in [9.17, 15) is 4.79 Å². The zero-order valence-electron chi connectivity index (χ0n) is 21.5. The summed E-state index contributed by atoms with van der Waals surface area (Å²) in [5, 5.41) is 11.0. The normalized spacial score (nSPS) is 17.5. The zero-order chi connectivity index (χ0) is 25.6. The number of piperidine rings is 1. The standard InChI is InChI=1S/C29H35N7O/c1-21(15-22(17-30-2)19-35-11-4-3-5-12-35)23-7-10-27-26(16-23)28(34-33-27)29(37)32-24-8-9-25(31-18-24)20-36-13-6-14-36/h7-10,15-18H,2-6,11-14,19-20H2,1H3,(H,32,37)(H,33,34)/b21-15+,22-17+. The molecule has 0 bridgehead atoms. The molecular formula is C29H35N7O. The van der Waals surface area contributed by atoms with E-state index in [4.69, 9.17) is 0 Å². The van der Waals surface area contributed by atoms with Crippen molar-refractivity contribution in [2.24, 2.45) is 4.99 Å². The van der Waals surface area contributed by atoms with Gasteiger partial charge in [0.25, 0.3) is 5.91 Å². The highest BCUT2D eigenvalue weighted by atomic mass is 16.1. The summed E-state index contributed by atoms with van der Waals surface area (Å²) in [5.74, 6) is -0.260. The van der Waals surface area contributed by atoms with Crippen LogP contribution in [-0.4, -0.2) is 70.3 Å². The van der Waals surface area contributed by atoms with Gasteiger partial charge >= 0.3 is 0 Å². The first kappa shape index (κ1) is 25.0. The van der Waals surface area contributed by atoms with Gasteiger partial charge in [0.05, 0.1) is 23.1 Å². The van der Waals surface area contributed by atoms with E-state index in [-0.39, 0.29) is 5.91 Å². The number of carbonyl (C=O) groups excluding carboxylic acids is 1. The highest BCUT2D eigenvalue weighted by molar-refractivity contribution is 6.11. The van der Waals surface area contributed by atoms with Gasteiger partial charge in [-0.2, -0.15) is 5.10 Å². The number of hydrogen-bond donors (Lipinski definition) is 2. The van der Waals surface area contributed by atoms with E-state index in [0.717, 1.165) is 72.6 Å². The first-order valence-corrected chi connectivity index (χ1v) is 13.1. The maximum atomic E-state index is 13.1. The molecule has 8 heteroatoms. The van der Waals surface area contributed by atoms with Gasteiger partial charge in [-0.3, -0.25) is 29.7 Å². The molecule has 0 unspecified atom stereocenters. The van der Waals surface area contributed by atoms with Gasteiger partial charge in [-0.05, 0) is 100 Å². The Morgan fingerprint density at radius 3 is 2.62 bits per heavy atom. The number of nitrogens with zero attached hydrogens (tertiary/aromatic N) is 5. The Morgan fingerprint density at radius 1 is 1.11 bits per heavy atom. The Kier molecular flexibility index (Phi) is 7.87. The Labute approximate surface area is 218 Å².